The SMILES string of the molecule is CCc1ccc(C(=O)NCc2ccc(OC)cc2)o1. The second-order valence-corrected chi connectivity index (χ2v) is 4.15. The molecule has 1 amide bonds. The van der Waals surface area contributed by atoms with Gasteiger partial charge in [0.25, 0.3) is 5.91 Å². The van der Waals surface area contributed by atoms with Crippen LogP contribution in [0.4, 0.5) is 0 Å². The molecule has 2 rings (SSSR count). The molecule has 0 aliphatic heterocycles. The standard InChI is InChI=1S/C15H17NO3/c1-3-12-8-9-14(19-12)15(17)16-10-11-4-6-13(18-2)7-5-11/h4-9H,3,10H2,1-2H3,(H,16,17). The van der Waals surface area contributed by atoms with Gasteiger partial charge in [-0.05, 0) is 29.8 Å². The zero-order valence-electron chi connectivity index (χ0n) is 11.1. The summed E-state index contributed by atoms with van der Waals surface area (Å²) in [5.74, 6) is 1.77. The van der Waals surface area contributed by atoms with Crippen LogP contribution < -0.4 is 10.1 Å². The molecule has 1 heterocycles. The summed E-state index contributed by atoms with van der Waals surface area (Å²) in [6.07, 6.45) is 0.783. The quantitative estimate of drug-likeness (QED) is 0.898. The zero-order chi connectivity index (χ0) is 13.7. The molecule has 1 N–H and O–H groups in total. The highest BCUT2D eigenvalue weighted by atomic mass is 16.5. The topological polar surface area (TPSA) is 51.5 Å². The average molecular weight is 259 g/mol. The maximum absolute atomic E-state index is 11.8. The number of aryl methyl sites for hydroxylation is 1. The van der Waals surface area contributed by atoms with Gasteiger partial charge in [-0.2, -0.15) is 0 Å². The number of benzene rings is 1. The fourth-order valence-corrected chi connectivity index (χ4v) is 1.70. The molecule has 0 aliphatic carbocycles. The number of carbonyl (C=O) groups excluding carboxylic acids is 1. The Morgan fingerprint density at radius 1 is 1.21 bits per heavy atom. The molecule has 2 aromatic rings. The third kappa shape index (κ3) is 3.37. The molecule has 0 spiro atoms. The molecule has 0 saturated carbocycles. The number of hydrogen-bond acceptors (Lipinski definition) is 3. The van der Waals surface area contributed by atoms with Crippen molar-refractivity contribution in [3.8, 4) is 5.75 Å². The fourth-order valence-electron chi connectivity index (χ4n) is 1.70. The van der Waals surface area contributed by atoms with E-state index in [1.165, 1.54) is 0 Å². The predicted octanol–water partition coefficient (Wildman–Crippen LogP) is 2.78. The van der Waals surface area contributed by atoms with E-state index in [1.807, 2.05) is 37.3 Å². The van der Waals surface area contributed by atoms with Gasteiger partial charge in [-0.3, -0.25) is 4.79 Å². The Balaban J connectivity index is 1.92. The highest BCUT2D eigenvalue weighted by molar-refractivity contribution is 5.91. The molecule has 4 heteroatoms. The number of carbonyl (C=O) groups is 1. The van der Waals surface area contributed by atoms with Gasteiger partial charge in [0.05, 0.1) is 7.11 Å². The first-order valence-electron chi connectivity index (χ1n) is 6.22. The molecule has 0 bridgehead atoms. The summed E-state index contributed by atoms with van der Waals surface area (Å²) in [5, 5.41) is 2.82. The van der Waals surface area contributed by atoms with Gasteiger partial charge in [0.1, 0.15) is 11.5 Å². The summed E-state index contributed by atoms with van der Waals surface area (Å²) in [7, 11) is 1.62. The highest BCUT2D eigenvalue weighted by Gasteiger charge is 2.09. The Hall–Kier alpha value is -2.23. The zero-order valence-corrected chi connectivity index (χ0v) is 11.1. The lowest BCUT2D eigenvalue weighted by molar-refractivity contribution is 0.0921. The lowest BCUT2D eigenvalue weighted by Crippen LogP contribution is -2.22. The van der Waals surface area contributed by atoms with Crippen LogP contribution in [0.5, 0.6) is 5.75 Å². The van der Waals surface area contributed by atoms with Crippen LogP contribution in [0, 0.1) is 0 Å². The van der Waals surface area contributed by atoms with Gasteiger partial charge < -0.3 is 14.5 Å². The van der Waals surface area contributed by atoms with Crippen LogP contribution in [0.2, 0.25) is 0 Å². The molecule has 0 radical (unpaired) electrons. The third-order valence-electron chi connectivity index (χ3n) is 2.85. The van der Waals surface area contributed by atoms with Crippen LogP contribution in [0.15, 0.2) is 40.8 Å². The second kappa shape index (κ2) is 6.09. The van der Waals surface area contributed by atoms with E-state index in [2.05, 4.69) is 5.32 Å². The van der Waals surface area contributed by atoms with E-state index in [-0.39, 0.29) is 5.91 Å². The lowest BCUT2D eigenvalue weighted by Gasteiger charge is -2.05. The highest BCUT2D eigenvalue weighted by Crippen LogP contribution is 2.12. The van der Waals surface area contributed by atoms with Crippen molar-refractivity contribution >= 4 is 5.91 Å². The van der Waals surface area contributed by atoms with Crippen molar-refractivity contribution in [3.63, 3.8) is 0 Å². The van der Waals surface area contributed by atoms with Crippen molar-refractivity contribution < 1.29 is 13.9 Å². The molecule has 0 saturated heterocycles. The van der Waals surface area contributed by atoms with Crippen LogP contribution in [-0.4, -0.2) is 13.0 Å². The first-order chi connectivity index (χ1) is 9.22. The monoisotopic (exact) mass is 259 g/mol. The summed E-state index contributed by atoms with van der Waals surface area (Å²) < 4.78 is 10.5. The van der Waals surface area contributed by atoms with Crippen LogP contribution in [0.1, 0.15) is 28.8 Å². The number of ether oxygens (including phenoxy) is 1. The van der Waals surface area contributed by atoms with E-state index in [9.17, 15) is 4.79 Å². The molecule has 0 unspecified atom stereocenters. The van der Waals surface area contributed by atoms with E-state index in [4.69, 9.17) is 9.15 Å². The predicted molar refractivity (Wildman–Crippen MR) is 72.3 cm³/mol. The first kappa shape index (κ1) is 13.2. The fraction of sp³-hybridized carbons (Fsp3) is 0.267. The lowest BCUT2D eigenvalue weighted by atomic mass is 10.2. The van der Waals surface area contributed by atoms with E-state index < -0.39 is 0 Å². The maximum atomic E-state index is 11.8. The van der Waals surface area contributed by atoms with Crippen LogP contribution in [-0.2, 0) is 13.0 Å². The number of methoxy groups -OCH3 is 1. The molecule has 0 fully saturated rings. The van der Waals surface area contributed by atoms with Gasteiger partial charge in [-0.25, -0.2) is 0 Å². The number of hydrogen-bond donors (Lipinski definition) is 1. The molecule has 1 aromatic heterocycles. The largest absolute Gasteiger partial charge is 0.497 e. The Labute approximate surface area is 112 Å². The first-order valence-corrected chi connectivity index (χ1v) is 6.22. The summed E-state index contributed by atoms with van der Waals surface area (Å²) in [6.45, 7) is 2.45. The second-order valence-electron chi connectivity index (χ2n) is 4.15. The summed E-state index contributed by atoms with van der Waals surface area (Å²) >= 11 is 0. The molecular formula is C15H17NO3. The van der Waals surface area contributed by atoms with E-state index in [0.29, 0.717) is 12.3 Å². The van der Waals surface area contributed by atoms with E-state index in [0.717, 1.165) is 23.5 Å². The van der Waals surface area contributed by atoms with Crippen LogP contribution in [0.3, 0.4) is 0 Å². The van der Waals surface area contributed by atoms with Gasteiger partial charge in [0, 0.05) is 13.0 Å². The summed E-state index contributed by atoms with van der Waals surface area (Å²) in [6, 6.07) is 11.1. The Morgan fingerprint density at radius 3 is 2.53 bits per heavy atom. The van der Waals surface area contributed by atoms with Crippen molar-refractivity contribution in [2.24, 2.45) is 0 Å². The molecule has 19 heavy (non-hydrogen) atoms. The van der Waals surface area contributed by atoms with Crippen molar-refractivity contribution in [1.82, 2.24) is 5.32 Å². The minimum absolute atomic E-state index is 0.199. The number of rotatable bonds is 5. The van der Waals surface area contributed by atoms with Crippen LogP contribution in [0.25, 0.3) is 0 Å². The van der Waals surface area contributed by atoms with Gasteiger partial charge in [0.2, 0.25) is 0 Å². The molecule has 100 valence electrons. The normalized spacial score (nSPS) is 10.2. The smallest absolute Gasteiger partial charge is 0.287 e. The Bertz CT molecular complexity index is 543. The maximum Gasteiger partial charge on any atom is 0.287 e. The van der Waals surface area contributed by atoms with Crippen molar-refractivity contribution in [1.29, 1.82) is 0 Å². The Kier molecular flexibility index (Phi) is 4.23. The average Bonchev–Trinajstić information content (AvgIpc) is 2.94. The van der Waals surface area contributed by atoms with Crippen LogP contribution >= 0.6 is 0 Å². The number of furan rings is 1. The van der Waals surface area contributed by atoms with Gasteiger partial charge in [0.15, 0.2) is 5.76 Å². The molecule has 4 nitrogen and oxygen atoms in total. The molecule has 0 aliphatic rings. The number of amides is 1. The summed E-state index contributed by atoms with van der Waals surface area (Å²) in [4.78, 5) is 11.8. The Morgan fingerprint density at radius 2 is 1.95 bits per heavy atom. The number of nitrogens with one attached hydrogen (secondary N) is 1. The third-order valence-corrected chi connectivity index (χ3v) is 2.85. The summed E-state index contributed by atoms with van der Waals surface area (Å²) in [5.41, 5.74) is 1.01. The van der Waals surface area contributed by atoms with Crippen molar-refractivity contribution in [2.75, 3.05) is 7.11 Å². The van der Waals surface area contributed by atoms with Crippen molar-refractivity contribution in [3.05, 3.63) is 53.5 Å². The minimum Gasteiger partial charge on any atom is -0.497 e. The molecule has 0 atom stereocenters. The minimum atomic E-state index is -0.199. The molecular weight excluding hydrogens is 242 g/mol. The van der Waals surface area contributed by atoms with E-state index in [1.54, 1.807) is 13.2 Å². The van der Waals surface area contributed by atoms with Gasteiger partial charge in [-0.1, -0.05) is 19.1 Å². The van der Waals surface area contributed by atoms with Crippen molar-refractivity contribution in [2.45, 2.75) is 19.9 Å². The molecule has 1 aromatic carbocycles. The van der Waals surface area contributed by atoms with Gasteiger partial charge >= 0.3 is 0 Å². The van der Waals surface area contributed by atoms with E-state index >= 15 is 0 Å². The van der Waals surface area contributed by atoms with Gasteiger partial charge in [-0.15, -0.1) is 0 Å².